The van der Waals surface area contributed by atoms with Gasteiger partial charge in [-0.15, -0.1) is 0 Å². The summed E-state index contributed by atoms with van der Waals surface area (Å²) in [6, 6.07) is 1.64. The average molecular weight is 170 g/mol. The van der Waals surface area contributed by atoms with Crippen LogP contribution in [0.2, 0.25) is 0 Å². The average Bonchev–Trinajstić information content (AvgIpc) is 2.49. The quantitative estimate of drug-likeness (QED) is 0.687. The minimum atomic E-state index is -0.897. The molecule has 0 aliphatic carbocycles. The van der Waals surface area contributed by atoms with Crippen molar-refractivity contribution in [2.75, 3.05) is 0 Å². The van der Waals surface area contributed by atoms with Crippen LogP contribution in [0.1, 0.15) is 30.4 Å². The second kappa shape index (κ2) is 2.86. The van der Waals surface area contributed by atoms with Crippen LogP contribution in [0, 0.1) is 0 Å². The monoisotopic (exact) mass is 170 g/mol. The number of aliphatic hydroxyl groups excluding tert-OH is 1. The van der Waals surface area contributed by atoms with Crippen LogP contribution in [0.15, 0.2) is 6.07 Å². The number of halogens is 1. The van der Waals surface area contributed by atoms with Gasteiger partial charge >= 0.3 is 0 Å². The number of hydrogen-bond donors (Lipinski definition) is 1. The Morgan fingerprint density at radius 2 is 2.58 bits per heavy atom. The Kier molecular flexibility index (Phi) is 1.84. The van der Waals surface area contributed by atoms with E-state index >= 15 is 0 Å². The summed E-state index contributed by atoms with van der Waals surface area (Å²) >= 11 is 0. The topological polar surface area (TPSA) is 38.0 Å². The van der Waals surface area contributed by atoms with Crippen LogP contribution in [0.25, 0.3) is 0 Å². The van der Waals surface area contributed by atoms with E-state index in [0.717, 1.165) is 13.0 Å². The molecule has 3 nitrogen and oxygen atoms in total. The lowest BCUT2D eigenvalue weighted by Crippen LogP contribution is -2.13. The van der Waals surface area contributed by atoms with Gasteiger partial charge in [0.1, 0.15) is 6.17 Å². The molecule has 0 saturated carbocycles. The zero-order valence-corrected chi connectivity index (χ0v) is 6.70. The van der Waals surface area contributed by atoms with Gasteiger partial charge in [0.15, 0.2) is 0 Å². The summed E-state index contributed by atoms with van der Waals surface area (Å²) in [5, 5.41) is 12.8. The first-order valence-corrected chi connectivity index (χ1v) is 4.13. The van der Waals surface area contributed by atoms with Gasteiger partial charge in [0.25, 0.3) is 0 Å². The first kappa shape index (κ1) is 7.73. The molecular weight excluding hydrogens is 159 g/mol. The van der Waals surface area contributed by atoms with E-state index in [1.807, 2.05) is 0 Å². The first-order valence-electron chi connectivity index (χ1n) is 4.13. The smallest absolute Gasteiger partial charge is 0.142 e. The molecule has 1 N–H and O–H groups in total. The van der Waals surface area contributed by atoms with Crippen LogP contribution in [-0.4, -0.2) is 14.9 Å². The number of hydrogen-bond acceptors (Lipinski definition) is 2. The summed E-state index contributed by atoms with van der Waals surface area (Å²) in [6.07, 6.45) is 0.517. The molecule has 0 saturated heterocycles. The molecular formula is C8H11FN2O. The van der Waals surface area contributed by atoms with E-state index in [0.29, 0.717) is 17.8 Å². The molecule has 0 radical (unpaired) electrons. The van der Waals surface area contributed by atoms with Crippen LogP contribution in [0.3, 0.4) is 0 Å². The molecule has 0 aromatic carbocycles. The molecule has 4 heteroatoms. The highest BCUT2D eigenvalue weighted by molar-refractivity contribution is 5.13. The molecule has 1 aliphatic rings. The molecule has 1 unspecified atom stereocenters. The van der Waals surface area contributed by atoms with E-state index in [4.69, 9.17) is 5.11 Å². The van der Waals surface area contributed by atoms with Crippen molar-refractivity contribution in [3.63, 3.8) is 0 Å². The summed E-state index contributed by atoms with van der Waals surface area (Å²) < 4.78 is 14.8. The van der Waals surface area contributed by atoms with E-state index in [1.54, 1.807) is 10.7 Å². The number of fused-ring (bicyclic) bond motifs is 1. The zero-order chi connectivity index (χ0) is 8.55. The van der Waals surface area contributed by atoms with Crippen LogP contribution in [0.5, 0.6) is 0 Å². The minimum Gasteiger partial charge on any atom is -0.390 e. The van der Waals surface area contributed by atoms with E-state index in [-0.39, 0.29) is 6.61 Å². The van der Waals surface area contributed by atoms with Gasteiger partial charge in [-0.3, -0.25) is 4.68 Å². The fraction of sp³-hybridized carbons (Fsp3) is 0.625. The third-order valence-electron chi connectivity index (χ3n) is 2.17. The van der Waals surface area contributed by atoms with Crippen molar-refractivity contribution < 1.29 is 9.50 Å². The Morgan fingerprint density at radius 1 is 1.75 bits per heavy atom. The lowest BCUT2D eigenvalue weighted by Gasteiger charge is -2.16. The summed E-state index contributed by atoms with van der Waals surface area (Å²) in [5.74, 6) is 0. The number of aromatic nitrogens is 2. The number of nitrogens with zero attached hydrogens (tertiary/aromatic N) is 2. The van der Waals surface area contributed by atoms with Gasteiger partial charge in [-0.05, 0) is 18.9 Å². The molecule has 1 atom stereocenters. The SMILES string of the molecule is OCc1cc2n(n1)CCCC2F. The molecule has 1 aromatic rings. The van der Waals surface area contributed by atoms with Gasteiger partial charge in [-0.2, -0.15) is 5.10 Å². The van der Waals surface area contributed by atoms with Gasteiger partial charge in [0, 0.05) is 6.54 Å². The summed E-state index contributed by atoms with van der Waals surface area (Å²) in [5.41, 5.74) is 1.18. The van der Waals surface area contributed by atoms with Gasteiger partial charge in [-0.25, -0.2) is 4.39 Å². The van der Waals surface area contributed by atoms with Gasteiger partial charge in [0.2, 0.25) is 0 Å². The molecule has 0 bridgehead atoms. The maximum Gasteiger partial charge on any atom is 0.142 e. The fourth-order valence-corrected chi connectivity index (χ4v) is 1.56. The largest absolute Gasteiger partial charge is 0.390 e. The summed E-state index contributed by atoms with van der Waals surface area (Å²) in [4.78, 5) is 0. The van der Waals surface area contributed by atoms with Crippen molar-refractivity contribution in [2.24, 2.45) is 0 Å². The molecule has 0 spiro atoms. The van der Waals surface area contributed by atoms with E-state index in [1.165, 1.54) is 0 Å². The third-order valence-corrected chi connectivity index (χ3v) is 2.17. The zero-order valence-electron chi connectivity index (χ0n) is 6.70. The highest BCUT2D eigenvalue weighted by Crippen LogP contribution is 2.28. The Labute approximate surface area is 69.8 Å². The van der Waals surface area contributed by atoms with Crippen molar-refractivity contribution in [2.45, 2.75) is 32.2 Å². The van der Waals surface area contributed by atoms with Crippen molar-refractivity contribution in [1.29, 1.82) is 0 Å². The molecule has 0 amide bonds. The van der Waals surface area contributed by atoms with Crippen LogP contribution in [0.4, 0.5) is 4.39 Å². The third kappa shape index (κ3) is 1.12. The maximum absolute atomic E-state index is 13.2. The molecule has 2 heterocycles. The Bertz CT molecular complexity index is 285. The number of aliphatic hydroxyl groups is 1. The van der Waals surface area contributed by atoms with Gasteiger partial charge in [0.05, 0.1) is 18.0 Å². The molecule has 12 heavy (non-hydrogen) atoms. The number of aryl methyl sites for hydroxylation is 1. The Morgan fingerprint density at radius 3 is 3.25 bits per heavy atom. The van der Waals surface area contributed by atoms with Gasteiger partial charge in [-0.1, -0.05) is 0 Å². The van der Waals surface area contributed by atoms with E-state index < -0.39 is 6.17 Å². The predicted molar refractivity (Wildman–Crippen MR) is 41.2 cm³/mol. The summed E-state index contributed by atoms with van der Waals surface area (Å²) in [7, 11) is 0. The first-order chi connectivity index (χ1) is 5.81. The number of alkyl halides is 1. The highest BCUT2D eigenvalue weighted by Gasteiger charge is 2.21. The van der Waals surface area contributed by atoms with Crippen molar-refractivity contribution in [3.05, 3.63) is 17.5 Å². The predicted octanol–water partition coefficient (Wildman–Crippen LogP) is 1.18. The Balaban J connectivity index is 2.37. The molecule has 66 valence electrons. The van der Waals surface area contributed by atoms with Crippen molar-refractivity contribution in [3.8, 4) is 0 Å². The molecule has 1 aromatic heterocycles. The van der Waals surface area contributed by atoms with Gasteiger partial charge < -0.3 is 5.11 Å². The van der Waals surface area contributed by atoms with E-state index in [9.17, 15) is 4.39 Å². The van der Waals surface area contributed by atoms with Crippen LogP contribution >= 0.6 is 0 Å². The number of rotatable bonds is 1. The summed E-state index contributed by atoms with van der Waals surface area (Å²) in [6.45, 7) is 0.669. The lowest BCUT2D eigenvalue weighted by molar-refractivity contribution is 0.256. The van der Waals surface area contributed by atoms with Crippen LogP contribution in [-0.2, 0) is 13.2 Å². The highest BCUT2D eigenvalue weighted by atomic mass is 19.1. The van der Waals surface area contributed by atoms with Crippen molar-refractivity contribution in [1.82, 2.24) is 9.78 Å². The second-order valence-corrected chi connectivity index (χ2v) is 3.05. The fourth-order valence-electron chi connectivity index (χ4n) is 1.56. The molecule has 1 aliphatic heterocycles. The standard InChI is InChI=1S/C8H11FN2O/c9-7-2-1-3-11-8(7)4-6(5-12)10-11/h4,7,12H,1-3,5H2. The minimum absolute atomic E-state index is 0.104. The maximum atomic E-state index is 13.2. The van der Waals surface area contributed by atoms with Crippen LogP contribution < -0.4 is 0 Å². The molecule has 0 fully saturated rings. The normalized spacial score (nSPS) is 22.3. The van der Waals surface area contributed by atoms with E-state index in [2.05, 4.69) is 5.10 Å². The Hall–Kier alpha value is -0.900. The second-order valence-electron chi connectivity index (χ2n) is 3.05. The van der Waals surface area contributed by atoms with Crippen molar-refractivity contribution >= 4 is 0 Å². The molecule has 2 rings (SSSR count). The lowest BCUT2D eigenvalue weighted by atomic mass is 10.1.